The van der Waals surface area contributed by atoms with E-state index in [0.29, 0.717) is 23.5 Å². The molecule has 1 amide bonds. The van der Waals surface area contributed by atoms with Crippen molar-refractivity contribution in [2.45, 2.75) is 26.0 Å². The molecule has 2 aromatic carbocycles. The number of hydrogen-bond acceptors (Lipinski definition) is 5. The van der Waals surface area contributed by atoms with Gasteiger partial charge in [-0.25, -0.2) is 4.79 Å². The lowest BCUT2D eigenvalue weighted by Gasteiger charge is -2.25. The van der Waals surface area contributed by atoms with Crippen LogP contribution in [-0.2, 0) is 22.5 Å². The number of nitrogens with zero attached hydrogens (tertiary/aromatic N) is 1. The Morgan fingerprint density at radius 3 is 2.68 bits per heavy atom. The summed E-state index contributed by atoms with van der Waals surface area (Å²) in [5, 5.41) is 3.52. The lowest BCUT2D eigenvalue weighted by molar-refractivity contribution is -0.895. The number of para-hydroxylation sites is 3. The Kier molecular flexibility index (Phi) is 5.86. The van der Waals surface area contributed by atoms with Gasteiger partial charge in [-0.2, -0.15) is 0 Å². The summed E-state index contributed by atoms with van der Waals surface area (Å²) in [6.07, 6.45) is -0.176. The molecular weight excluding hydrogens is 394 g/mol. The van der Waals surface area contributed by atoms with Crippen LogP contribution in [0.4, 0.5) is 5.69 Å². The van der Waals surface area contributed by atoms with Crippen LogP contribution in [0, 0.1) is 0 Å². The fraction of sp³-hybridized carbons (Fsp3) is 0.292. The largest absolute Gasteiger partial charge is 0.495 e. The predicted molar refractivity (Wildman–Crippen MR) is 117 cm³/mol. The highest BCUT2D eigenvalue weighted by atomic mass is 16.5. The molecule has 0 saturated carbocycles. The number of likely N-dealkylation sites (N-methyl/N-ethyl adjacent to an activating group) is 1. The molecule has 160 valence electrons. The number of benzene rings is 2. The second kappa shape index (κ2) is 8.73. The molecule has 2 heterocycles. The van der Waals surface area contributed by atoms with Gasteiger partial charge in [0.15, 0.2) is 6.10 Å². The first kappa shape index (κ1) is 20.8. The number of nitrogens with one attached hydrogen (secondary N) is 2. The third-order valence-corrected chi connectivity index (χ3v) is 5.57. The molecule has 0 fully saturated rings. The van der Waals surface area contributed by atoms with Crippen molar-refractivity contribution in [2.75, 3.05) is 26.0 Å². The first-order chi connectivity index (χ1) is 15.0. The minimum Gasteiger partial charge on any atom is -0.495 e. The first-order valence-corrected chi connectivity index (χ1v) is 10.3. The Bertz CT molecular complexity index is 1140. The number of esters is 1. The van der Waals surface area contributed by atoms with Gasteiger partial charge in [0.25, 0.3) is 5.91 Å². The van der Waals surface area contributed by atoms with Gasteiger partial charge >= 0.3 is 5.97 Å². The Hall–Kier alpha value is -3.45. The third kappa shape index (κ3) is 4.22. The quantitative estimate of drug-likeness (QED) is 0.617. The Morgan fingerprint density at radius 2 is 1.87 bits per heavy atom. The molecule has 0 radical (unpaired) electrons. The van der Waals surface area contributed by atoms with Gasteiger partial charge in [0.05, 0.1) is 43.2 Å². The van der Waals surface area contributed by atoms with E-state index in [4.69, 9.17) is 14.5 Å². The van der Waals surface area contributed by atoms with Gasteiger partial charge < -0.3 is 19.7 Å². The smallest absolute Gasteiger partial charge is 0.340 e. The second-order valence-electron chi connectivity index (χ2n) is 7.80. The predicted octanol–water partition coefficient (Wildman–Crippen LogP) is 2.00. The van der Waals surface area contributed by atoms with Crippen molar-refractivity contribution in [3.8, 4) is 5.75 Å². The lowest BCUT2D eigenvalue weighted by atomic mass is 9.96. The molecular formula is C24H26N3O4+. The van der Waals surface area contributed by atoms with E-state index in [1.807, 2.05) is 30.3 Å². The summed E-state index contributed by atoms with van der Waals surface area (Å²) in [5.74, 6) is -0.394. The SMILES string of the molecule is COc1ccccc1NC(=O)[C@@H](C)OC(=O)c1c2c(nc3ccccc13)CC[NH+](C)C2. The van der Waals surface area contributed by atoms with E-state index in [2.05, 4.69) is 12.4 Å². The summed E-state index contributed by atoms with van der Waals surface area (Å²) >= 11 is 0. The van der Waals surface area contributed by atoms with Crippen LogP contribution in [0.15, 0.2) is 48.5 Å². The summed E-state index contributed by atoms with van der Waals surface area (Å²) in [4.78, 5) is 32.0. The number of pyridine rings is 1. The molecule has 1 aliphatic rings. The molecule has 7 nitrogen and oxygen atoms in total. The zero-order valence-corrected chi connectivity index (χ0v) is 17.9. The van der Waals surface area contributed by atoms with Gasteiger partial charge in [0, 0.05) is 17.4 Å². The number of rotatable bonds is 5. The molecule has 3 aromatic rings. The van der Waals surface area contributed by atoms with Crippen molar-refractivity contribution in [1.82, 2.24) is 4.98 Å². The maximum Gasteiger partial charge on any atom is 0.340 e. The van der Waals surface area contributed by atoms with Gasteiger partial charge in [0.2, 0.25) is 0 Å². The van der Waals surface area contributed by atoms with Crippen LogP contribution in [0.1, 0.15) is 28.5 Å². The number of fused-ring (bicyclic) bond motifs is 2. The maximum absolute atomic E-state index is 13.3. The topological polar surface area (TPSA) is 82.0 Å². The van der Waals surface area contributed by atoms with Crippen molar-refractivity contribution in [1.29, 1.82) is 0 Å². The zero-order valence-electron chi connectivity index (χ0n) is 17.9. The fourth-order valence-electron chi connectivity index (χ4n) is 3.91. The minimum atomic E-state index is -0.978. The van der Waals surface area contributed by atoms with E-state index in [0.717, 1.165) is 35.1 Å². The summed E-state index contributed by atoms with van der Waals surface area (Å²) in [6, 6.07) is 14.7. The number of carbonyl (C=O) groups is 2. The highest BCUT2D eigenvalue weighted by Crippen LogP contribution is 2.27. The molecule has 31 heavy (non-hydrogen) atoms. The van der Waals surface area contributed by atoms with Crippen LogP contribution < -0.4 is 15.0 Å². The van der Waals surface area contributed by atoms with E-state index in [1.165, 1.54) is 12.0 Å². The van der Waals surface area contributed by atoms with Crippen molar-refractivity contribution in [3.63, 3.8) is 0 Å². The van der Waals surface area contributed by atoms with Gasteiger partial charge in [-0.15, -0.1) is 0 Å². The number of ether oxygens (including phenoxy) is 2. The molecule has 2 atom stereocenters. The molecule has 0 aliphatic carbocycles. The van der Waals surface area contributed by atoms with Crippen LogP contribution in [-0.4, -0.2) is 43.7 Å². The van der Waals surface area contributed by atoms with Crippen LogP contribution in [0.2, 0.25) is 0 Å². The zero-order chi connectivity index (χ0) is 22.0. The number of quaternary nitrogens is 1. The number of anilines is 1. The molecule has 1 aliphatic heterocycles. The normalized spacial score (nSPS) is 16.3. The van der Waals surface area contributed by atoms with Crippen molar-refractivity contribution in [3.05, 3.63) is 65.4 Å². The highest BCUT2D eigenvalue weighted by Gasteiger charge is 2.29. The van der Waals surface area contributed by atoms with E-state index in [9.17, 15) is 9.59 Å². The maximum atomic E-state index is 13.3. The molecule has 0 bridgehead atoms. The van der Waals surface area contributed by atoms with Crippen molar-refractivity contribution < 1.29 is 24.0 Å². The molecule has 4 rings (SSSR count). The number of hydrogen-bond donors (Lipinski definition) is 2. The van der Waals surface area contributed by atoms with E-state index in [-0.39, 0.29) is 0 Å². The van der Waals surface area contributed by atoms with Gasteiger partial charge in [-0.3, -0.25) is 9.78 Å². The second-order valence-corrected chi connectivity index (χ2v) is 7.80. The fourth-order valence-corrected chi connectivity index (χ4v) is 3.91. The molecule has 0 saturated heterocycles. The Labute approximate surface area is 181 Å². The average molecular weight is 420 g/mol. The molecule has 0 spiro atoms. The standard InChI is InChI=1S/C24H25N3O4/c1-15(23(28)26-20-10-6-7-11-21(20)30-3)31-24(29)22-16-8-4-5-9-18(16)25-19-12-13-27(2)14-17(19)22/h4-11,15H,12-14H2,1-3H3,(H,26,28)/p+1/t15-/m1/s1. The van der Waals surface area contributed by atoms with E-state index < -0.39 is 18.0 Å². The summed E-state index contributed by atoms with van der Waals surface area (Å²) in [5.41, 5.74) is 3.64. The van der Waals surface area contributed by atoms with E-state index in [1.54, 1.807) is 25.1 Å². The molecule has 1 aromatic heterocycles. The Morgan fingerprint density at radius 1 is 1.13 bits per heavy atom. The third-order valence-electron chi connectivity index (χ3n) is 5.57. The monoisotopic (exact) mass is 420 g/mol. The molecule has 7 heteroatoms. The number of carbonyl (C=O) groups excluding carboxylic acids is 2. The van der Waals surface area contributed by atoms with Gasteiger partial charge in [-0.1, -0.05) is 30.3 Å². The van der Waals surface area contributed by atoms with Crippen LogP contribution in [0.25, 0.3) is 10.9 Å². The van der Waals surface area contributed by atoms with Gasteiger partial charge in [0.1, 0.15) is 12.3 Å². The Balaban J connectivity index is 1.61. The van der Waals surface area contributed by atoms with Crippen LogP contribution >= 0.6 is 0 Å². The van der Waals surface area contributed by atoms with E-state index >= 15 is 0 Å². The van der Waals surface area contributed by atoms with Crippen molar-refractivity contribution in [2.24, 2.45) is 0 Å². The summed E-state index contributed by atoms with van der Waals surface area (Å²) < 4.78 is 10.9. The molecule has 1 unspecified atom stereocenters. The number of aromatic nitrogens is 1. The van der Waals surface area contributed by atoms with Crippen molar-refractivity contribution >= 4 is 28.5 Å². The van der Waals surface area contributed by atoms with Gasteiger partial charge in [-0.05, 0) is 25.1 Å². The van der Waals surface area contributed by atoms with Crippen LogP contribution in [0.3, 0.4) is 0 Å². The first-order valence-electron chi connectivity index (χ1n) is 10.3. The highest BCUT2D eigenvalue weighted by molar-refractivity contribution is 6.06. The summed E-state index contributed by atoms with van der Waals surface area (Å²) in [7, 11) is 3.63. The summed E-state index contributed by atoms with van der Waals surface area (Å²) in [6.45, 7) is 3.22. The number of amides is 1. The number of methoxy groups -OCH3 is 1. The average Bonchev–Trinajstić information content (AvgIpc) is 2.77. The lowest BCUT2D eigenvalue weighted by Crippen LogP contribution is -3.08. The van der Waals surface area contributed by atoms with Crippen LogP contribution in [0.5, 0.6) is 5.75 Å². The minimum absolute atomic E-state index is 0.423. The molecule has 2 N–H and O–H groups in total.